The van der Waals surface area contributed by atoms with Crippen molar-refractivity contribution in [2.45, 2.75) is 51.2 Å². The Labute approximate surface area is 200 Å². The number of alkyl carbamates (subject to hydrolysis) is 1. The summed E-state index contributed by atoms with van der Waals surface area (Å²) in [5, 5.41) is 5.96. The third-order valence-electron chi connectivity index (χ3n) is 6.57. The SMILES string of the molecule is COCCCOc1ccc(-c2nc(C(C)(C)NC(=O)OC3CCN4CCC3CC4)cs2)cc1. The molecule has 1 unspecified atom stereocenters. The van der Waals surface area contributed by atoms with Crippen molar-refractivity contribution in [3.8, 4) is 16.3 Å². The van der Waals surface area contributed by atoms with Gasteiger partial charge in [-0.1, -0.05) is 0 Å². The van der Waals surface area contributed by atoms with E-state index in [2.05, 4.69) is 10.2 Å². The Hall–Kier alpha value is -2.16. The summed E-state index contributed by atoms with van der Waals surface area (Å²) >= 11 is 1.57. The second-order valence-corrected chi connectivity index (χ2v) is 10.3. The summed E-state index contributed by atoms with van der Waals surface area (Å²) in [6.07, 6.45) is 3.68. The predicted molar refractivity (Wildman–Crippen MR) is 130 cm³/mol. The zero-order chi connectivity index (χ0) is 23.3. The lowest BCUT2D eigenvalue weighted by atomic mass is 9.93. The molecule has 4 heterocycles. The molecule has 5 rings (SSSR count). The van der Waals surface area contributed by atoms with Gasteiger partial charge < -0.3 is 24.4 Å². The van der Waals surface area contributed by atoms with Gasteiger partial charge in [0.2, 0.25) is 0 Å². The lowest BCUT2D eigenvalue weighted by Crippen LogP contribution is -2.43. The van der Waals surface area contributed by atoms with Crippen molar-refractivity contribution >= 4 is 17.4 Å². The van der Waals surface area contributed by atoms with Crippen LogP contribution in [0.1, 0.15) is 45.2 Å². The van der Waals surface area contributed by atoms with E-state index in [1.54, 1.807) is 18.4 Å². The van der Waals surface area contributed by atoms with E-state index in [1.807, 2.05) is 43.5 Å². The standard InChI is InChI=1S/C25H35N3O4S/c1-25(2,27-24(29)32-21-11-14-28-12-9-18(21)10-13-28)22-17-33-23(26-22)19-5-7-20(8-6-19)31-16-4-15-30-3/h5-8,17-18,21H,4,9-16H2,1-3H3,(H,27,29). The largest absolute Gasteiger partial charge is 0.494 e. The van der Waals surface area contributed by atoms with Crippen molar-refractivity contribution in [3.63, 3.8) is 0 Å². The molecule has 2 aromatic rings. The van der Waals surface area contributed by atoms with Crippen molar-refractivity contribution in [1.82, 2.24) is 15.2 Å². The Morgan fingerprint density at radius 3 is 2.61 bits per heavy atom. The number of thiazole rings is 1. The lowest BCUT2D eigenvalue weighted by Gasteiger charge is -2.30. The number of ether oxygens (including phenoxy) is 3. The first kappa shape index (κ1) is 24.0. The average Bonchev–Trinajstić information content (AvgIpc) is 3.16. The van der Waals surface area contributed by atoms with Gasteiger partial charge in [-0.05, 0) is 76.4 Å². The van der Waals surface area contributed by atoms with Crippen LogP contribution in [-0.4, -0.2) is 62.0 Å². The third kappa shape index (κ3) is 6.25. The Bertz CT molecular complexity index is 907. The van der Waals surface area contributed by atoms with Gasteiger partial charge in [0.25, 0.3) is 0 Å². The maximum absolute atomic E-state index is 12.7. The molecular formula is C25H35N3O4S. The highest BCUT2D eigenvalue weighted by Crippen LogP contribution is 2.31. The van der Waals surface area contributed by atoms with Gasteiger partial charge in [-0.25, -0.2) is 9.78 Å². The Kier molecular flexibility index (Phi) is 7.88. The zero-order valence-electron chi connectivity index (χ0n) is 19.8. The van der Waals surface area contributed by atoms with Gasteiger partial charge in [0.15, 0.2) is 0 Å². The molecule has 3 aliphatic heterocycles. The number of methoxy groups -OCH3 is 1. The van der Waals surface area contributed by atoms with E-state index < -0.39 is 5.54 Å². The van der Waals surface area contributed by atoms with E-state index in [-0.39, 0.29) is 12.2 Å². The molecule has 7 nitrogen and oxygen atoms in total. The number of piperidine rings is 1. The van der Waals surface area contributed by atoms with Gasteiger partial charge in [-0.3, -0.25) is 0 Å². The molecule has 33 heavy (non-hydrogen) atoms. The van der Waals surface area contributed by atoms with Crippen LogP contribution in [0, 0.1) is 5.92 Å². The maximum Gasteiger partial charge on any atom is 0.408 e. The lowest BCUT2D eigenvalue weighted by molar-refractivity contribution is 0.0513. The first-order valence-electron chi connectivity index (χ1n) is 11.8. The minimum absolute atomic E-state index is 0.00882. The fraction of sp³-hybridized carbons (Fsp3) is 0.600. The van der Waals surface area contributed by atoms with Gasteiger partial charge in [0.05, 0.1) is 17.8 Å². The van der Waals surface area contributed by atoms with Crippen LogP contribution in [0.15, 0.2) is 29.6 Å². The Morgan fingerprint density at radius 1 is 1.15 bits per heavy atom. The number of aromatic nitrogens is 1. The molecule has 1 N–H and O–H groups in total. The maximum atomic E-state index is 12.7. The number of benzene rings is 1. The van der Waals surface area contributed by atoms with Crippen LogP contribution in [-0.2, 0) is 15.0 Å². The van der Waals surface area contributed by atoms with Gasteiger partial charge in [-0.2, -0.15) is 0 Å². The minimum Gasteiger partial charge on any atom is -0.494 e. The van der Waals surface area contributed by atoms with E-state index in [9.17, 15) is 4.79 Å². The van der Waals surface area contributed by atoms with E-state index in [0.717, 1.165) is 67.3 Å². The fourth-order valence-corrected chi connectivity index (χ4v) is 5.51. The van der Waals surface area contributed by atoms with E-state index in [0.29, 0.717) is 19.1 Å². The predicted octanol–water partition coefficient (Wildman–Crippen LogP) is 4.67. The number of hydrogen-bond donors (Lipinski definition) is 1. The first-order valence-corrected chi connectivity index (χ1v) is 12.7. The van der Waals surface area contributed by atoms with Crippen LogP contribution in [0.4, 0.5) is 4.79 Å². The highest BCUT2D eigenvalue weighted by molar-refractivity contribution is 7.13. The molecule has 0 spiro atoms. The van der Waals surface area contributed by atoms with E-state index in [1.165, 1.54) is 0 Å². The molecule has 1 atom stereocenters. The molecule has 180 valence electrons. The molecule has 3 aliphatic rings. The van der Waals surface area contributed by atoms with E-state index in [4.69, 9.17) is 19.2 Å². The Morgan fingerprint density at radius 2 is 1.88 bits per heavy atom. The quantitative estimate of drug-likeness (QED) is 0.534. The molecule has 1 aromatic heterocycles. The van der Waals surface area contributed by atoms with Crippen molar-refractivity contribution in [3.05, 3.63) is 35.3 Å². The van der Waals surface area contributed by atoms with Crippen molar-refractivity contribution in [2.24, 2.45) is 5.92 Å². The second-order valence-electron chi connectivity index (χ2n) is 9.42. The molecular weight excluding hydrogens is 438 g/mol. The number of rotatable bonds is 9. The normalized spacial score (nSPS) is 22.6. The number of carbonyl (C=O) groups is 1. The number of amides is 1. The van der Waals surface area contributed by atoms with Gasteiger partial charge in [0.1, 0.15) is 16.9 Å². The van der Waals surface area contributed by atoms with Crippen LogP contribution in [0.3, 0.4) is 0 Å². The highest BCUT2D eigenvalue weighted by Gasteiger charge is 2.35. The number of carbonyl (C=O) groups excluding carboxylic acids is 1. The smallest absolute Gasteiger partial charge is 0.408 e. The molecule has 0 aliphatic carbocycles. The molecule has 1 amide bonds. The van der Waals surface area contributed by atoms with Crippen molar-refractivity contribution in [2.75, 3.05) is 40.0 Å². The number of nitrogens with zero attached hydrogens (tertiary/aromatic N) is 2. The molecule has 3 saturated heterocycles. The van der Waals surface area contributed by atoms with Crippen LogP contribution in [0.2, 0.25) is 0 Å². The topological polar surface area (TPSA) is 72.9 Å². The summed E-state index contributed by atoms with van der Waals surface area (Å²) in [7, 11) is 1.69. The summed E-state index contributed by atoms with van der Waals surface area (Å²) in [4.78, 5) is 20.0. The van der Waals surface area contributed by atoms with Crippen LogP contribution < -0.4 is 10.1 Å². The van der Waals surface area contributed by atoms with Gasteiger partial charge in [-0.15, -0.1) is 11.3 Å². The van der Waals surface area contributed by atoms with Crippen LogP contribution in [0.25, 0.3) is 10.6 Å². The van der Waals surface area contributed by atoms with Crippen molar-refractivity contribution < 1.29 is 19.0 Å². The highest BCUT2D eigenvalue weighted by atomic mass is 32.1. The zero-order valence-corrected chi connectivity index (χ0v) is 20.7. The average molecular weight is 474 g/mol. The minimum atomic E-state index is -0.622. The molecule has 3 fully saturated rings. The molecule has 1 aromatic carbocycles. The van der Waals surface area contributed by atoms with Gasteiger partial charge >= 0.3 is 6.09 Å². The molecule has 8 heteroatoms. The molecule has 0 saturated carbocycles. The second kappa shape index (κ2) is 10.8. The number of fused-ring (bicyclic) bond motifs is 4. The monoisotopic (exact) mass is 473 g/mol. The van der Waals surface area contributed by atoms with Gasteiger partial charge in [0, 0.05) is 37.6 Å². The number of nitrogens with one attached hydrogen (secondary N) is 1. The summed E-state index contributed by atoms with van der Waals surface area (Å²) in [6.45, 7) is 8.52. The summed E-state index contributed by atoms with van der Waals surface area (Å²) < 4.78 is 16.7. The summed E-state index contributed by atoms with van der Waals surface area (Å²) in [5.74, 6) is 1.32. The summed E-state index contributed by atoms with van der Waals surface area (Å²) in [5.41, 5.74) is 1.23. The van der Waals surface area contributed by atoms with Crippen LogP contribution >= 0.6 is 11.3 Å². The van der Waals surface area contributed by atoms with E-state index >= 15 is 0 Å². The third-order valence-corrected chi connectivity index (χ3v) is 7.46. The molecule has 0 radical (unpaired) electrons. The Balaban J connectivity index is 1.33. The summed E-state index contributed by atoms with van der Waals surface area (Å²) in [6, 6.07) is 7.95. The van der Waals surface area contributed by atoms with Crippen LogP contribution in [0.5, 0.6) is 5.75 Å². The molecule has 2 bridgehead atoms. The number of hydrogen-bond acceptors (Lipinski definition) is 7. The fourth-order valence-electron chi connectivity index (χ4n) is 4.52. The first-order chi connectivity index (χ1) is 15.9. The van der Waals surface area contributed by atoms with Crippen molar-refractivity contribution in [1.29, 1.82) is 0 Å².